The van der Waals surface area contributed by atoms with Crippen LogP contribution >= 0.6 is 0 Å². The van der Waals surface area contributed by atoms with Crippen LogP contribution in [-0.4, -0.2) is 47.3 Å². The van der Waals surface area contributed by atoms with Crippen LogP contribution in [0.15, 0.2) is 0 Å². The van der Waals surface area contributed by atoms with Crippen LogP contribution in [-0.2, 0) is 0 Å². The van der Waals surface area contributed by atoms with E-state index in [9.17, 15) is 4.79 Å². The molecule has 0 spiro atoms. The zero-order chi connectivity index (χ0) is 12.1. The normalized spacial score (nSPS) is 9.71. The van der Waals surface area contributed by atoms with Gasteiger partial charge in [0, 0.05) is 6.54 Å². The number of unbranched alkanes of at least 4 members (excludes halogenated alkanes) is 9. The molecule has 0 aliphatic heterocycles. The van der Waals surface area contributed by atoms with Crippen LogP contribution < -0.4 is 5.32 Å². The van der Waals surface area contributed by atoms with Crippen molar-refractivity contribution in [3.63, 3.8) is 0 Å². The molecule has 1 amide bonds. The standard InChI is InChI=1S/C13H27NO2.Na.H/c1-2-3-4-5-6-7-8-9-10-11-12-14-13(15)16;;/h14H,2-12H2,1H3,(H,15,16);;. The van der Waals surface area contributed by atoms with Gasteiger partial charge in [0.25, 0.3) is 0 Å². The van der Waals surface area contributed by atoms with Gasteiger partial charge in [-0.3, -0.25) is 0 Å². The van der Waals surface area contributed by atoms with Crippen LogP contribution in [0.5, 0.6) is 0 Å². The van der Waals surface area contributed by atoms with E-state index in [4.69, 9.17) is 5.11 Å². The fourth-order valence-electron chi connectivity index (χ4n) is 1.81. The van der Waals surface area contributed by atoms with E-state index in [0.717, 1.165) is 12.8 Å². The van der Waals surface area contributed by atoms with Gasteiger partial charge < -0.3 is 10.4 Å². The molecule has 0 aromatic heterocycles. The summed E-state index contributed by atoms with van der Waals surface area (Å²) in [6.45, 7) is 2.84. The first kappa shape index (κ1) is 19.6. The van der Waals surface area contributed by atoms with E-state index in [1.807, 2.05) is 0 Å². The van der Waals surface area contributed by atoms with Crippen LogP contribution in [0.2, 0.25) is 0 Å². The van der Waals surface area contributed by atoms with Gasteiger partial charge in [0.1, 0.15) is 0 Å². The molecule has 17 heavy (non-hydrogen) atoms. The van der Waals surface area contributed by atoms with E-state index in [-0.39, 0.29) is 29.6 Å². The van der Waals surface area contributed by atoms with Gasteiger partial charge in [-0.2, -0.15) is 0 Å². The van der Waals surface area contributed by atoms with Gasteiger partial charge in [-0.1, -0.05) is 64.7 Å². The average Bonchev–Trinajstić information content (AvgIpc) is 2.25. The molecule has 0 radical (unpaired) electrons. The summed E-state index contributed by atoms with van der Waals surface area (Å²) in [7, 11) is 0. The molecule has 0 unspecified atom stereocenters. The first-order valence-electron chi connectivity index (χ1n) is 6.74. The van der Waals surface area contributed by atoms with E-state index in [1.54, 1.807) is 0 Å². The molecule has 0 aromatic rings. The second-order valence-electron chi connectivity index (χ2n) is 4.41. The first-order chi connectivity index (χ1) is 7.77. The predicted octanol–water partition coefficient (Wildman–Crippen LogP) is 3.53. The fourth-order valence-corrected chi connectivity index (χ4v) is 1.81. The number of hydrogen-bond acceptors (Lipinski definition) is 1. The molecule has 0 rings (SSSR count). The molecule has 0 aromatic carbocycles. The zero-order valence-corrected chi connectivity index (χ0v) is 10.6. The zero-order valence-electron chi connectivity index (χ0n) is 10.6. The second-order valence-corrected chi connectivity index (χ2v) is 4.41. The van der Waals surface area contributed by atoms with E-state index in [1.165, 1.54) is 51.4 Å². The number of rotatable bonds is 11. The van der Waals surface area contributed by atoms with Crippen molar-refractivity contribution in [1.29, 1.82) is 0 Å². The second kappa shape index (κ2) is 16.3. The Kier molecular flexibility index (Phi) is 18.8. The Morgan fingerprint density at radius 2 is 1.29 bits per heavy atom. The summed E-state index contributed by atoms with van der Waals surface area (Å²) < 4.78 is 0. The summed E-state index contributed by atoms with van der Waals surface area (Å²) in [6, 6.07) is 0. The summed E-state index contributed by atoms with van der Waals surface area (Å²) >= 11 is 0. The van der Waals surface area contributed by atoms with Crippen LogP contribution in [0, 0.1) is 0 Å². The Morgan fingerprint density at radius 1 is 0.882 bits per heavy atom. The predicted molar refractivity (Wildman–Crippen MR) is 75.0 cm³/mol. The summed E-state index contributed by atoms with van der Waals surface area (Å²) in [5, 5.41) is 10.7. The fraction of sp³-hybridized carbons (Fsp3) is 0.923. The maximum atomic E-state index is 10.1. The minimum atomic E-state index is -0.907. The van der Waals surface area contributed by atoms with E-state index < -0.39 is 6.09 Å². The number of carboxylic acid groups (broad SMARTS) is 1. The minimum absolute atomic E-state index is 0. The van der Waals surface area contributed by atoms with Crippen molar-refractivity contribution < 1.29 is 9.90 Å². The molecule has 4 heteroatoms. The van der Waals surface area contributed by atoms with E-state index in [2.05, 4.69) is 12.2 Å². The van der Waals surface area contributed by atoms with Crippen molar-refractivity contribution in [2.45, 2.75) is 71.1 Å². The molecule has 3 nitrogen and oxygen atoms in total. The molecule has 0 aliphatic rings. The Morgan fingerprint density at radius 3 is 1.71 bits per heavy atom. The number of hydrogen-bond donors (Lipinski definition) is 2. The van der Waals surface area contributed by atoms with Gasteiger partial charge in [-0.05, 0) is 6.42 Å². The SMILES string of the molecule is CCCCCCCCCCCCNC(=O)O.[NaH]. The molecule has 0 atom stereocenters. The van der Waals surface area contributed by atoms with Crippen molar-refractivity contribution >= 4 is 35.7 Å². The number of nitrogens with one attached hydrogen (secondary N) is 1. The van der Waals surface area contributed by atoms with Crippen molar-refractivity contribution in [2.24, 2.45) is 0 Å². The summed E-state index contributed by atoms with van der Waals surface area (Å²) in [4.78, 5) is 10.1. The van der Waals surface area contributed by atoms with E-state index >= 15 is 0 Å². The van der Waals surface area contributed by atoms with Crippen molar-refractivity contribution in [2.75, 3.05) is 6.54 Å². The monoisotopic (exact) mass is 253 g/mol. The number of amides is 1. The maximum absolute atomic E-state index is 10.1. The van der Waals surface area contributed by atoms with Gasteiger partial charge in [-0.15, -0.1) is 0 Å². The third kappa shape index (κ3) is 18.8. The van der Waals surface area contributed by atoms with Gasteiger partial charge in [0.15, 0.2) is 0 Å². The van der Waals surface area contributed by atoms with E-state index in [0.29, 0.717) is 6.54 Å². The Balaban J connectivity index is 0. The van der Waals surface area contributed by atoms with Gasteiger partial charge in [0.2, 0.25) is 0 Å². The Labute approximate surface area is 128 Å². The molecule has 0 saturated heterocycles. The third-order valence-electron chi connectivity index (χ3n) is 2.81. The van der Waals surface area contributed by atoms with Crippen molar-refractivity contribution in [3.8, 4) is 0 Å². The van der Waals surface area contributed by atoms with Crippen molar-refractivity contribution in [3.05, 3.63) is 0 Å². The van der Waals surface area contributed by atoms with Crippen LogP contribution in [0.3, 0.4) is 0 Å². The van der Waals surface area contributed by atoms with Crippen LogP contribution in [0.1, 0.15) is 71.1 Å². The van der Waals surface area contributed by atoms with Crippen LogP contribution in [0.4, 0.5) is 4.79 Å². The molecule has 98 valence electrons. The molecular formula is C13H28NNaO2. The van der Waals surface area contributed by atoms with Crippen LogP contribution in [0.25, 0.3) is 0 Å². The first-order valence-corrected chi connectivity index (χ1v) is 6.74. The molecule has 0 saturated carbocycles. The summed E-state index contributed by atoms with van der Waals surface area (Å²) in [5.74, 6) is 0. The van der Waals surface area contributed by atoms with Gasteiger partial charge >= 0.3 is 35.7 Å². The molecular weight excluding hydrogens is 225 g/mol. The Bertz CT molecular complexity index is 165. The van der Waals surface area contributed by atoms with Gasteiger partial charge in [0.05, 0.1) is 0 Å². The Hall–Kier alpha value is 0.270. The van der Waals surface area contributed by atoms with Crippen molar-refractivity contribution in [1.82, 2.24) is 5.32 Å². The quantitative estimate of drug-likeness (QED) is 0.437. The number of carbonyl (C=O) groups is 1. The van der Waals surface area contributed by atoms with Gasteiger partial charge in [-0.25, -0.2) is 4.79 Å². The molecule has 0 heterocycles. The molecule has 2 N–H and O–H groups in total. The molecule has 0 fully saturated rings. The average molecular weight is 253 g/mol. The molecule has 0 bridgehead atoms. The summed E-state index contributed by atoms with van der Waals surface area (Å²) in [5.41, 5.74) is 0. The molecule has 0 aliphatic carbocycles. The summed E-state index contributed by atoms with van der Waals surface area (Å²) in [6.07, 6.45) is 11.9. The topological polar surface area (TPSA) is 49.3 Å². The third-order valence-corrected chi connectivity index (χ3v) is 2.81.